The highest BCUT2D eigenvalue weighted by atomic mass is 16.3. The molecule has 0 bridgehead atoms. The number of furan rings is 1. The standard InChI is InChI=1S/C26H15NO/c1-2-6-17-15(5-1)9-10-16-11-14-22-25(23(16)17)19-12-13-21-24(26(19)28-22)18-7-3-4-8-20(18)27-21/h1-14,27H. The molecule has 0 amide bonds. The first-order chi connectivity index (χ1) is 13.9. The van der Waals surface area contributed by atoms with Crippen LogP contribution in [0.2, 0.25) is 0 Å². The van der Waals surface area contributed by atoms with E-state index in [2.05, 4.69) is 89.9 Å². The molecule has 0 aliphatic heterocycles. The first kappa shape index (κ1) is 14.3. The number of aromatic amines is 1. The number of fused-ring (bicyclic) bond motifs is 11. The average Bonchev–Trinajstić information content (AvgIpc) is 3.31. The fraction of sp³-hybridized carbons (Fsp3) is 0. The summed E-state index contributed by atoms with van der Waals surface area (Å²) in [6, 6.07) is 30.1. The maximum absolute atomic E-state index is 6.47. The number of hydrogen-bond donors (Lipinski definition) is 1. The molecule has 0 radical (unpaired) electrons. The lowest BCUT2D eigenvalue weighted by atomic mass is 9.97. The smallest absolute Gasteiger partial charge is 0.145 e. The topological polar surface area (TPSA) is 28.9 Å². The zero-order valence-corrected chi connectivity index (χ0v) is 15.0. The van der Waals surface area contributed by atoms with Crippen LogP contribution in [0.15, 0.2) is 89.3 Å². The van der Waals surface area contributed by atoms with Gasteiger partial charge < -0.3 is 9.40 Å². The second-order valence-corrected chi connectivity index (χ2v) is 7.46. The number of nitrogens with one attached hydrogen (secondary N) is 1. The van der Waals surface area contributed by atoms with Crippen LogP contribution in [-0.2, 0) is 0 Å². The fourth-order valence-corrected chi connectivity index (χ4v) is 4.75. The van der Waals surface area contributed by atoms with Crippen molar-refractivity contribution in [1.29, 1.82) is 0 Å². The van der Waals surface area contributed by atoms with E-state index in [9.17, 15) is 0 Å². The highest BCUT2D eigenvalue weighted by Gasteiger charge is 2.17. The lowest BCUT2D eigenvalue weighted by Gasteiger charge is -2.05. The van der Waals surface area contributed by atoms with Gasteiger partial charge in [0.25, 0.3) is 0 Å². The SMILES string of the molecule is c1ccc2c(c1)ccc1ccc3oc4c(ccc5[nH]c6ccccc6c54)c3c12. The van der Waals surface area contributed by atoms with Crippen LogP contribution in [0.4, 0.5) is 0 Å². The van der Waals surface area contributed by atoms with E-state index in [1.165, 1.54) is 37.7 Å². The summed E-state index contributed by atoms with van der Waals surface area (Å²) in [7, 11) is 0. The molecule has 5 aromatic carbocycles. The van der Waals surface area contributed by atoms with Gasteiger partial charge in [-0.05, 0) is 40.4 Å². The van der Waals surface area contributed by atoms with Crippen molar-refractivity contribution in [1.82, 2.24) is 4.98 Å². The van der Waals surface area contributed by atoms with Crippen molar-refractivity contribution in [2.75, 3.05) is 0 Å². The quantitative estimate of drug-likeness (QED) is 0.279. The maximum atomic E-state index is 6.47. The molecule has 2 nitrogen and oxygen atoms in total. The summed E-state index contributed by atoms with van der Waals surface area (Å²) in [5.41, 5.74) is 4.16. The Hall–Kier alpha value is -3.78. The normalized spacial score (nSPS) is 12.3. The molecule has 1 N–H and O–H groups in total. The number of aromatic nitrogens is 1. The summed E-state index contributed by atoms with van der Waals surface area (Å²) in [4.78, 5) is 3.52. The highest BCUT2D eigenvalue weighted by molar-refractivity contribution is 6.30. The third-order valence-corrected chi connectivity index (χ3v) is 5.98. The van der Waals surface area contributed by atoms with Gasteiger partial charge in [0.2, 0.25) is 0 Å². The molecule has 130 valence electrons. The van der Waals surface area contributed by atoms with E-state index in [0.29, 0.717) is 0 Å². The Labute approximate surface area is 160 Å². The maximum Gasteiger partial charge on any atom is 0.145 e. The second-order valence-electron chi connectivity index (χ2n) is 7.46. The molecule has 0 unspecified atom stereocenters. The molecule has 7 aromatic rings. The molecule has 0 saturated carbocycles. The zero-order chi connectivity index (χ0) is 18.2. The molecule has 28 heavy (non-hydrogen) atoms. The number of benzene rings is 5. The van der Waals surface area contributed by atoms with Crippen molar-refractivity contribution < 1.29 is 4.42 Å². The summed E-state index contributed by atoms with van der Waals surface area (Å²) in [6.45, 7) is 0. The largest absolute Gasteiger partial charge is 0.455 e. The van der Waals surface area contributed by atoms with Crippen LogP contribution in [0.5, 0.6) is 0 Å². The molecule has 2 heteroatoms. The molecule has 0 spiro atoms. The van der Waals surface area contributed by atoms with Crippen LogP contribution in [0.1, 0.15) is 0 Å². The van der Waals surface area contributed by atoms with Crippen LogP contribution in [0.3, 0.4) is 0 Å². The molecule has 2 aromatic heterocycles. The molecular formula is C26H15NO. The van der Waals surface area contributed by atoms with Gasteiger partial charge in [-0.3, -0.25) is 0 Å². The minimum Gasteiger partial charge on any atom is -0.455 e. The van der Waals surface area contributed by atoms with E-state index >= 15 is 0 Å². The Bertz CT molecular complexity index is 1720. The summed E-state index contributed by atoms with van der Waals surface area (Å²) in [5, 5.41) is 9.79. The van der Waals surface area contributed by atoms with E-state index in [0.717, 1.165) is 27.6 Å². The third-order valence-electron chi connectivity index (χ3n) is 5.98. The Morgan fingerprint density at radius 3 is 2.25 bits per heavy atom. The number of para-hydroxylation sites is 1. The first-order valence-electron chi connectivity index (χ1n) is 9.54. The van der Waals surface area contributed by atoms with Gasteiger partial charge in [-0.2, -0.15) is 0 Å². The van der Waals surface area contributed by atoms with E-state index in [1.54, 1.807) is 0 Å². The van der Waals surface area contributed by atoms with E-state index < -0.39 is 0 Å². The second kappa shape index (κ2) is 4.93. The van der Waals surface area contributed by atoms with Gasteiger partial charge in [0.05, 0.1) is 10.9 Å². The van der Waals surface area contributed by atoms with Gasteiger partial charge in [0.15, 0.2) is 0 Å². The monoisotopic (exact) mass is 357 g/mol. The van der Waals surface area contributed by atoms with Gasteiger partial charge in [0.1, 0.15) is 11.2 Å². The van der Waals surface area contributed by atoms with Crippen molar-refractivity contribution >= 4 is 65.3 Å². The number of H-pyrrole nitrogens is 1. The fourth-order valence-electron chi connectivity index (χ4n) is 4.75. The minimum atomic E-state index is 0.941. The molecule has 2 heterocycles. The average molecular weight is 357 g/mol. The van der Waals surface area contributed by atoms with E-state index in [-0.39, 0.29) is 0 Å². The Morgan fingerprint density at radius 2 is 1.29 bits per heavy atom. The van der Waals surface area contributed by atoms with Crippen LogP contribution in [-0.4, -0.2) is 4.98 Å². The van der Waals surface area contributed by atoms with E-state index in [4.69, 9.17) is 4.42 Å². The van der Waals surface area contributed by atoms with Gasteiger partial charge >= 0.3 is 0 Å². The zero-order valence-electron chi connectivity index (χ0n) is 15.0. The van der Waals surface area contributed by atoms with Crippen molar-refractivity contribution in [3.05, 3.63) is 84.9 Å². The van der Waals surface area contributed by atoms with Crippen LogP contribution in [0, 0.1) is 0 Å². The summed E-state index contributed by atoms with van der Waals surface area (Å²) in [5.74, 6) is 0. The summed E-state index contributed by atoms with van der Waals surface area (Å²) >= 11 is 0. The molecule has 0 fully saturated rings. The molecular weight excluding hydrogens is 342 g/mol. The van der Waals surface area contributed by atoms with Gasteiger partial charge in [0, 0.05) is 27.1 Å². The molecule has 0 aliphatic carbocycles. The summed E-state index contributed by atoms with van der Waals surface area (Å²) < 4.78 is 6.47. The van der Waals surface area contributed by atoms with Crippen molar-refractivity contribution in [2.24, 2.45) is 0 Å². The Morgan fingerprint density at radius 1 is 0.500 bits per heavy atom. The predicted molar refractivity (Wildman–Crippen MR) is 118 cm³/mol. The molecule has 0 atom stereocenters. The molecule has 7 rings (SSSR count). The predicted octanol–water partition coefficient (Wildman–Crippen LogP) is 7.53. The number of hydrogen-bond acceptors (Lipinski definition) is 1. The molecule has 0 aliphatic rings. The lowest BCUT2D eigenvalue weighted by molar-refractivity contribution is 0.673. The van der Waals surface area contributed by atoms with Gasteiger partial charge in [-0.1, -0.05) is 60.7 Å². The third kappa shape index (κ3) is 1.68. The summed E-state index contributed by atoms with van der Waals surface area (Å²) in [6.07, 6.45) is 0. The molecule has 0 saturated heterocycles. The van der Waals surface area contributed by atoms with Crippen LogP contribution < -0.4 is 0 Å². The van der Waals surface area contributed by atoms with Gasteiger partial charge in [-0.15, -0.1) is 0 Å². The Balaban J connectivity index is 1.80. The minimum absolute atomic E-state index is 0.941. The van der Waals surface area contributed by atoms with Gasteiger partial charge in [-0.25, -0.2) is 0 Å². The number of rotatable bonds is 0. The van der Waals surface area contributed by atoms with Crippen molar-refractivity contribution in [3.8, 4) is 0 Å². The van der Waals surface area contributed by atoms with Crippen LogP contribution in [0.25, 0.3) is 65.3 Å². The van der Waals surface area contributed by atoms with Crippen molar-refractivity contribution in [3.63, 3.8) is 0 Å². The first-order valence-corrected chi connectivity index (χ1v) is 9.54. The van der Waals surface area contributed by atoms with E-state index in [1.807, 2.05) is 0 Å². The van der Waals surface area contributed by atoms with Crippen LogP contribution >= 0.6 is 0 Å². The highest BCUT2D eigenvalue weighted by Crippen LogP contribution is 2.42. The van der Waals surface area contributed by atoms with Crippen molar-refractivity contribution in [2.45, 2.75) is 0 Å². The Kier molecular flexibility index (Phi) is 2.52. The lowest BCUT2D eigenvalue weighted by Crippen LogP contribution is -1.79.